The number of methoxy groups -OCH3 is 1. The smallest absolute Gasteiger partial charge is 0.146 e. The maximum Gasteiger partial charge on any atom is 0.146 e. The van der Waals surface area contributed by atoms with E-state index in [0.717, 1.165) is 5.56 Å². The van der Waals surface area contributed by atoms with Gasteiger partial charge in [-0.25, -0.2) is 4.39 Å². The Morgan fingerprint density at radius 1 is 1.35 bits per heavy atom. The topological polar surface area (TPSA) is 65.0 Å². The number of anilines is 1. The van der Waals surface area contributed by atoms with Crippen LogP contribution in [0.3, 0.4) is 0 Å². The fourth-order valence-corrected chi connectivity index (χ4v) is 2.29. The summed E-state index contributed by atoms with van der Waals surface area (Å²) < 4.78 is 19.0. The molecular formula is C14H21FN2O3. The highest BCUT2D eigenvalue weighted by atomic mass is 19.1. The Bertz CT molecular complexity index is 434. The van der Waals surface area contributed by atoms with Gasteiger partial charge < -0.3 is 25.2 Å². The van der Waals surface area contributed by atoms with Crippen molar-refractivity contribution in [2.45, 2.75) is 18.8 Å². The van der Waals surface area contributed by atoms with Gasteiger partial charge in [-0.1, -0.05) is 6.07 Å². The van der Waals surface area contributed by atoms with E-state index in [0.29, 0.717) is 25.4 Å². The molecule has 2 unspecified atom stereocenters. The lowest BCUT2D eigenvalue weighted by Gasteiger charge is -2.19. The van der Waals surface area contributed by atoms with E-state index in [1.54, 1.807) is 18.1 Å². The van der Waals surface area contributed by atoms with Crippen molar-refractivity contribution in [2.24, 2.45) is 0 Å². The predicted octanol–water partition coefficient (Wildman–Crippen LogP) is 0.103. The molecule has 0 radical (unpaired) electrons. The zero-order valence-corrected chi connectivity index (χ0v) is 11.6. The van der Waals surface area contributed by atoms with Gasteiger partial charge in [0.15, 0.2) is 0 Å². The average Bonchev–Trinajstić information content (AvgIpc) is 2.75. The van der Waals surface area contributed by atoms with Gasteiger partial charge >= 0.3 is 0 Å². The van der Waals surface area contributed by atoms with Gasteiger partial charge in [0.05, 0.1) is 24.5 Å². The molecule has 1 saturated heterocycles. The van der Waals surface area contributed by atoms with Gasteiger partial charge in [-0.3, -0.25) is 0 Å². The maximum atomic E-state index is 14.1. The lowest BCUT2D eigenvalue weighted by atomic mass is 10.2. The monoisotopic (exact) mass is 284 g/mol. The van der Waals surface area contributed by atoms with Gasteiger partial charge in [0, 0.05) is 33.3 Å². The molecule has 1 aromatic rings. The van der Waals surface area contributed by atoms with Crippen molar-refractivity contribution in [2.75, 3.05) is 38.3 Å². The molecule has 0 spiro atoms. The molecule has 2 atom stereocenters. The minimum absolute atomic E-state index is 0.253. The van der Waals surface area contributed by atoms with E-state index >= 15 is 0 Å². The molecule has 112 valence electrons. The third kappa shape index (κ3) is 3.67. The Morgan fingerprint density at radius 2 is 2.05 bits per heavy atom. The lowest BCUT2D eigenvalue weighted by Crippen LogP contribution is -2.22. The molecule has 0 aliphatic carbocycles. The van der Waals surface area contributed by atoms with Crippen molar-refractivity contribution in [1.29, 1.82) is 0 Å². The molecule has 0 saturated carbocycles. The summed E-state index contributed by atoms with van der Waals surface area (Å²) in [6.07, 6.45) is -1.63. The molecule has 0 bridgehead atoms. The number of nitrogens with one attached hydrogen (secondary N) is 1. The highest BCUT2D eigenvalue weighted by molar-refractivity contribution is 5.50. The third-order valence-corrected chi connectivity index (χ3v) is 3.42. The first kappa shape index (κ1) is 15.2. The molecule has 3 N–H and O–H groups in total. The Kier molecular flexibility index (Phi) is 5.31. The van der Waals surface area contributed by atoms with Gasteiger partial charge in [-0.15, -0.1) is 0 Å². The summed E-state index contributed by atoms with van der Waals surface area (Å²) in [5, 5.41) is 22.2. The van der Waals surface area contributed by atoms with Crippen LogP contribution < -0.4 is 10.2 Å². The molecule has 1 fully saturated rings. The van der Waals surface area contributed by atoms with Crippen LogP contribution in [0, 0.1) is 5.82 Å². The van der Waals surface area contributed by atoms with Gasteiger partial charge in [-0.05, 0) is 17.7 Å². The second-order valence-corrected chi connectivity index (χ2v) is 5.00. The van der Waals surface area contributed by atoms with E-state index in [4.69, 9.17) is 4.74 Å². The van der Waals surface area contributed by atoms with Crippen LogP contribution in [0.4, 0.5) is 10.1 Å². The normalized spacial score (nSPS) is 22.5. The highest BCUT2D eigenvalue weighted by Gasteiger charge is 2.30. The van der Waals surface area contributed by atoms with Crippen LogP contribution >= 0.6 is 0 Å². The zero-order valence-electron chi connectivity index (χ0n) is 11.6. The van der Waals surface area contributed by atoms with Gasteiger partial charge in [0.25, 0.3) is 0 Å². The van der Waals surface area contributed by atoms with Crippen LogP contribution in [-0.2, 0) is 11.3 Å². The number of aliphatic hydroxyl groups excluding tert-OH is 2. The first-order valence-corrected chi connectivity index (χ1v) is 6.71. The summed E-state index contributed by atoms with van der Waals surface area (Å²) in [6.45, 7) is 2.41. The van der Waals surface area contributed by atoms with Crippen LogP contribution in [0.1, 0.15) is 5.56 Å². The molecule has 1 aromatic carbocycles. The van der Waals surface area contributed by atoms with Crippen LogP contribution in [0.5, 0.6) is 0 Å². The largest absolute Gasteiger partial charge is 0.389 e. The zero-order chi connectivity index (χ0) is 14.5. The molecule has 20 heavy (non-hydrogen) atoms. The number of aliphatic hydroxyl groups is 2. The van der Waals surface area contributed by atoms with Crippen molar-refractivity contribution < 1.29 is 19.3 Å². The summed E-state index contributed by atoms with van der Waals surface area (Å²) in [5.41, 5.74) is 1.27. The number of hydrogen-bond acceptors (Lipinski definition) is 5. The first-order valence-electron chi connectivity index (χ1n) is 6.71. The van der Waals surface area contributed by atoms with Crippen molar-refractivity contribution >= 4 is 5.69 Å². The van der Waals surface area contributed by atoms with E-state index in [-0.39, 0.29) is 18.9 Å². The van der Waals surface area contributed by atoms with E-state index in [9.17, 15) is 14.6 Å². The molecule has 6 heteroatoms. The minimum atomic E-state index is -0.815. The van der Waals surface area contributed by atoms with Crippen LogP contribution in [0.2, 0.25) is 0 Å². The first-order chi connectivity index (χ1) is 9.61. The summed E-state index contributed by atoms with van der Waals surface area (Å²) in [5.74, 6) is -0.336. The summed E-state index contributed by atoms with van der Waals surface area (Å²) in [4.78, 5) is 1.66. The molecular weight excluding hydrogens is 263 g/mol. The van der Waals surface area contributed by atoms with Crippen LogP contribution in [0.15, 0.2) is 18.2 Å². The van der Waals surface area contributed by atoms with Gasteiger partial charge in [0.2, 0.25) is 0 Å². The number of benzene rings is 1. The molecule has 2 rings (SSSR count). The lowest BCUT2D eigenvalue weighted by molar-refractivity contribution is 0.0572. The second kappa shape index (κ2) is 6.99. The Hall–Kier alpha value is -1.21. The van der Waals surface area contributed by atoms with Gasteiger partial charge in [0.1, 0.15) is 5.82 Å². The van der Waals surface area contributed by atoms with Crippen molar-refractivity contribution in [1.82, 2.24) is 5.32 Å². The Morgan fingerprint density at radius 3 is 2.65 bits per heavy atom. The standard InChI is InChI=1S/C14H21FN2O3/c1-20-5-4-16-7-10-2-3-12(11(15)6-10)17-8-13(18)14(19)9-17/h2-3,6,13-14,16,18-19H,4-5,7-9H2,1H3. The SMILES string of the molecule is COCCNCc1ccc(N2CC(O)C(O)C2)c(F)c1. The second-order valence-electron chi connectivity index (χ2n) is 5.00. The van der Waals surface area contributed by atoms with E-state index < -0.39 is 12.2 Å². The number of rotatable bonds is 6. The molecule has 0 amide bonds. The van der Waals surface area contributed by atoms with Crippen molar-refractivity contribution in [3.63, 3.8) is 0 Å². The number of nitrogens with zero attached hydrogens (tertiary/aromatic N) is 1. The molecule has 1 aliphatic heterocycles. The van der Waals surface area contributed by atoms with Gasteiger partial charge in [-0.2, -0.15) is 0 Å². The Labute approximate surface area is 118 Å². The highest BCUT2D eigenvalue weighted by Crippen LogP contribution is 2.24. The number of halogens is 1. The van der Waals surface area contributed by atoms with Crippen molar-refractivity contribution in [3.8, 4) is 0 Å². The fraction of sp³-hybridized carbons (Fsp3) is 0.571. The summed E-state index contributed by atoms with van der Waals surface area (Å²) >= 11 is 0. The third-order valence-electron chi connectivity index (χ3n) is 3.42. The quantitative estimate of drug-likeness (QED) is 0.647. The van der Waals surface area contributed by atoms with E-state index in [2.05, 4.69) is 5.32 Å². The Balaban J connectivity index is 1.96. The summed E-state index contributed by atoms with van der Waals surface area (Å²) in [6, 6.07) is 5.01. The molecule has 5 nitrogen and oxygen atoms in total. The number of hydrogen-bond donors (Lipinski definition) is 3. The molecule has 1 aliphatic rings. The minimum Gasteiger partial charge on any atom is -0.389 e. The van der Waals surface area contributed by atoms with E-state index in [1.165, 1.54) is 6.07 Å². The summed E-state index contributed by atoms with van der Waals surface area (Å²) in [7, 11) is 1.63. The maximum absolute atomic E-state index is 14.1. The molecule has 1 heterocycles. The molecule has 0 aromatic heterocycles. The van der Waals surface area contributed by atoms with Crippen molar-refractivity contribution in [3.05, 3.63) is 29.6 Å². The predicted molar refractivity (Wildman–Crippen MR) is 74.2 cm³/mol. The fourth-order valence-electron chi connectivity index (χ4n) is 2.29. The van der Waals surface area contributed by atoms with E-state index in [1.807, 2.05) is 6.07 Å². The average molecular weight is 284 g/mol. The number of ether oxygens (including phenoxy) is 1. The van der Waals surface area contributed by atoms with Crippen LogP contribution in [-0.4, -0.2) is 55.8 Å². The van der Waals surface area contributed by atoms with Crippen LogP contribution in [0.25, 0.3) is 0 Å². The number of β-amino-alcohol motifs (C(OH)–C–C–N with tert-alkyl or cyclic N) is 2.